The van der Waals surface area contributed by atoms with Gasteiger partial charge in [0, 0.05) is 0 Å². The molecule has 0 radical (unpaired) electrons. The number of rotatable bonds is 2. The van der Waals surface area contributed by atoms with E-state index >= 15 is 0 Å². The van der Waals surface area contributed by atoms with Gasteiger partial charge >= 0.3 is 0 Å². The third-order valence-corrected chi connectivity index (χ3v) is 3.70. The van der Waals surface area contributed by atoms with Crippen molar-refractivity contribution >= 4 is 22.6 Å². The van der Waals surface area contributed by atoms with Gasteiger partial charge in [-0.2, -0.15) is 0 Å². The zero-order chi connectivity index (χ0) is 11.1. The predicted octanol–water partition coefficient (Wildman–Crippen LogP) is 4.13. The van der Waals surface area contributed by atoms with Crippen molar-refractivity contribution in [3.63, 3.8) is 0 Å². The summed E-state index contributed by atoms with van der Waals surface area (Å²) < 4.78 is 7.16. The maximum absolute atomic E-state index is 5.88. The van der Waals surface area contributed by atoms with Gasteiger partial charge in [-0.3, -0.25) is 0 Å². The Bertz CT molecular complexity index is 361. The Morgan fingerprint density at radius 2 is 1.93 bits per heavy atom. The highest BCUT2D eigenvalue weighted by Gasteiger charge is 2.26. The minimum absolute atomic E-state index is 0.194. The molecule has 0 saturated heterocycles. The lowest BCUT2D eigenvalue weighted by Crippen LogP contribution is -2.14. The zero-order valence-corrected chi connectivity index (χ0v) is 11.7. The van der Waals surface area contributed by atoms with Crippen molar-refractivity contribution in [2.45, 2.75) is 45.1 Å². The molecule has 1 aliphatic rings. The Hall–Kier alpha value is -0.250. The fourth-order valence-electron chi connectivity index (χ4n) is 1.55. The molecule has 2 heteroatoms. The summed E-state index contributed by atoms with van der Waals surface area (Å²) in [4.78, 5) is 0. The molecule has 2 rings (SSSR count). The molecule has 0 spiro atoms. The highest BCUT2D eigenvalue weighted by molar-refractivity contribution is 14.1. The van der Waals surface area contributed by atoms with Crippen LogP contribution in [-0.2, 0) is 5.41 Å². The minimum atomic E-state index is 0.194. The Labute approximate surface area is 105 Å². The first-order valence-corrected chi connectivity index (χ1v) is 6.52. The molecule has 0 heterocycles. The maximum Gasteiger partial charge on any atom is 0.133 e. The first-order chi connectivity index (χ1) is 6.98. The molecule has 1 fully saturated rings. The number of halogens is 1. The highest BCUT2D eigenvalue weighted by atomic mass is 127. The number of ether oxygens (including phenoxy) is 1. The summed E-state index contributed by atoms with van der Waals surface area (Å²) >= 11 is 2.40. The summed E-state index contributed by atoms with van der Waals surface area (Å²) in [5, 5.41) is 0. The largest absolute Gasteiger partial charge is 0.489 e. The van der Waals surface area contributed by atoms with Crippen molar-refractivity contribution in [1.82, 2.24) is 0 Å². The molecule has 1 aromatic carbocycles. The Kier molecular flexibility index (Phi) is 2.97. The van der Waals surface area contributed by atoms with Crippen molar-refractivity contribution in [3.8, 4) is 5.75 Å². The van der Waals surface area contributed by atoms with E-state index < -0.39 is 0 Å². The molecule has 0 unspecified atom stereocenters. The van der Waals surface area contributed by atoms with Gasteiger partial charge in [-0.15, -0.1) is 0 Å². The van der Waals surface area contributed by atoms with Gasteiger partial charge in [0.25, 0.3) is 0 Å². The minimum Gasteiger partial charge on any atom is -0.489 e. The van der Waals surface area contributed by atoms with Crippen molar-refractivity contribution in [3.05, 3.63) is 27.3 Å². The first-order valence-electron chi connectivity index (χ1n) is 5.44. The molecule has 1 nitrogen and oxygen atoms in total. The quantitative estimate of drug-likeness (QED) is 0.746. The SMILES string of the molecule is CC(C)(C)c1cccc(OC2CC2)c1I. The lowest BCUT2D eigenvalue weighted by atomic mass is 9.87. The molecule has 1 saturated carbocycles. The molecule has 0 atom stereocenters. The normalized spacial score (nSPS) is 16.5. The molecule has 82 valence electrons. The zero-order valence-electron chi connectivity index (χ0n) is 9.51. The van der Waals surface area contributed by atoms with Crippen LogP contribution in [0.1, 0.15) is 39.2 Å². The average Bonchev–Trinajstić information content (AvgIpc) is 2.90. The van der Waals surface area contributed by atoms with Gasteiger partial charge in [-0.1, -0.05) is 32.9 Å². The molecule has 1 aliphatic carbocycles. The van der Waals surface area contributed by atoms with E-state index in [1.165, 1.54) is 22.0 Å². The van der Waals surface area contributed by atoms with E-state index in [4.69, 9.17) is 4.74 Å². The van der Waals surface area contributed by atoms with Crippen molar-refractivity contribution in [1.29, 1.82) is 0 Å². The predicted molar refractivity (Wildman–Crippen MR) is 71.5 cm³/mol. The molecule has 0 bridgehead atoms. The summed E-state index contributed by atoms with van der Waals surface area (Å²) in [6, 6.07) is 6.37. The van der Waals surface area contributed by atoms with E-state index in [-0.39, 0.29) is 5.41 Å². The second-order valence-corrected chi connectivity index (χ2v) is 6.26. The van der Waals surface area contributed by atoms with Crippen LogP contribution in [0.15, 0.2) is 18.2 Å². The van der Waals surface area contributed by atoms with Crippen LogP contribution in [0.5, 0.6) is 5.75 Å². The fraction of sp³-hybridized carbons (Fsp3) is 0.538. The van der Waals surface area contributed by atoms with E-state index in [1.54, 1.807) is 0 Å². The third kappa shape index (κ3) is 2.65. The second-order valence-electron chi connectivity index (χ2n) is 5.18. The Morgan fingerprint density at radius 1 is 1.27 bits per heavy atom. The fourth-order valence-corrected chi connectivity index (χ4v) is 2.84. The molecule has 0 amide bonds. The summed E-state index contributed by atoms with van der Waals surface area (Å²) in [6.45, 7) is 6.72. The van der Waals surface area contributed by atoms with E-state index in [1.807, 2.05) is 0 Å². The smallest absolute Gasteiger partial charge is 0.133 e. The second kappa shape index (κ2) is 3.96. The first kappa shape index (κ1) is 11.2. The Morgan fingerprint density at radius 3 is 2.47 bits per heavy atom. The van der Waals surface area contributed by atoms with Crippen LogP contribution in [0.3, 0.4) is 0 Å². The lowest BCUT2D eigenvalue weighted by molar-refractivity contribution is 0.300. The van der Waals surface area contributed by atoms with E-state index in [0.29, 0.717) is 6.10 Å². The molecular formula is C13H17IO. The van der Waals surface area contributed by atoms with Crippen molar-refractivity contribution < 1.29 is 4.74 Å². The Balaban J connectivity index is 2.31. The van der Waals surface area contributed by atoms with E-state index in [2.05, 4.69) is 61.6 Å². The van der Waals surface area contributed by atoms with Gasteiger partial charge in [-0.25, -0.2) is 0 Å². The molecule has 0 aromatic heterocycles. The van der Waals surface area contributed by atoms with Crippen LogP contribution in [0.25, 0.3) is 0 Å². The van der Waals surface area contributed by atoms with Crippen molar-refractivity contribution in [2.24, 2.45) is 0 Å². The summed E-state index contributed by atoms with van der Waals surface area (Å²) in [5.74, 6) is 1.06. The van der Waals surface area contributed by atoms with Crippen LogP contribution < -0.4 is 4.74 Å². The summed E-state index contributed by atoms with van der Waals surface area (Å²) in [7, 11) is 0. The van der Waals surface area contributed by atoms with Crippen molar-refractivity contribution in [2.75, 3.05) is 0 Å². The number of hydrogen-bond acceptors (Lipinski definition) is 1. The summed E-state index contributed by atoms with van der Waals surface area (Å²) in [5.41, 5.74) is 1.57. The average molecular weight is 316 g/mol. The molecule has 1 aromatic rings. The molecule has 0 aliphatic heterocycles. The molecule has 15 heavy (non-hydrogen) atoms. The van der Waals surface area contributed by atoms with Crippen LogP contribution >= 0.6 is 22.6 Å². The lowest BCUT2D eigenvalue weighted by Gasteiger charge is -2.22. The van der Waals surface area contributed by atoms with E-state index in [0.717, 1.165) is 5.75 Å². The van der Waals surface area contributed by atoms with Crippen LogP contribution in [-0.4, -0.2) is 6.10 Å². The van der Waals surface area contributed by atoms with Crippen LogP contribution in [0.2, 0.25) is 0 Å². The van der Waals surface area contributed by atoms with Crippen LogP contribution in [0.4, 0.5) is 0 Å². The van der Waals surface area contributed by atoms with E-state index in [9.17, 15) is 0 Å². The van der Waals surface area contributed by atoms with Gasteiger partial charge in [0.15, 0.2) is 0 Å². The maximum atomic E-state index is 5.88. The summed E-state index contributed by atoms with van der Waals surface area (Å²) in [6.07, 6.45) is 2.92. The van der Waals surface area contributed by atoms with Gasteiger partial charge in [0.2, 0.25) is 0 Å². The highest BCUT2D eigenvalue weighted by Crippen LogP contribution is 2.35. The number of benzene rings is 1. The molecule has 0 N–H and O–H groups in total. The topological polar surface area (TPSA) is 9.23 Å². The van der Waals surface area contributed by atoms with Gasteiger partial charge in [0.05, 0.1) is 9.67 Å². The number of hydrogen-bond donors (Lipinski definition) is 0. The van der Waals surface area contributed by atoms with Gasteiger partial charge in [0.1, 0.15) is 5.75 Å². The third-order valence-electron chi connectivity index (χ3n) is 2.59. The van der Waals surface area contributed by atoms with Gasteiger partial charge in [-0.05, 0) is 52.5 Å². The van der Waals surface area contributed by atoms with Gasteiger partial charge < -0.3 is 4.74 Å². The monoisotopic (exact) mass is 316 g/mol. The standard InChI is InChI=1S/C13H17IO/c1-13(2,3)10-5-4-6-11(12(10)14)15-9-7-8-9/h4-6,9H,7-8H2,1-3H3. The van der Waals surface area contributed by atoms with Crippen LogP contribution in [0, 0.1) is 3.57 Å². The molecular weight excluding hydrogens is 299 g/mol.